The molecule has 3 heterocycles. The van der Waals surface area contributed by atoms with Crippen LogP contribution in [0.3, 0.4) is 0 Å². The molecular formula is C40H42ClN3O5S. The minimum absolute atomic E-state index is 0.00927. The summed E-state index contributed by atoms with van der Waals surface area (Å²) in [6, 6.07) is 22.2. The quantitative estimate of drug-likeness (QED) is 0.154. The first kappa shape index (κ1) is 34.2. The summed E-state index contributed by atoms with van der Waals surface area (Å²) in [7, 11) is 0. The fourth-order valence-corrected chi connectivity index (χ4v) is 8.67. The SMILES string of the molecule is Cc1cccc(C[C@H]2CCCCC/C=C\[C@@H]3C[C@@]3(C(=O)NOc3ccccc3)CC(=O)[C@@H]3C[C@@H](Oc4nc5ccc(Cl)cc5s4)CN3C2=O)c1. The van der Waals surface area contributed by atoms with Gasteiger partial charge in [-0.1, -0.05) is 96.0 Å². The van der Waals surface area contributed by atoms with Crippen LogP contribution in [0.4, 0.5) is 0 Å². The number of carbonyl (C=O) groups excluding carboxylic acids is 3. The van der Waals surface area contributed by atoms with E-state index in [4.69, 9.17) is 21.2 Å². The highest BCUT2D eigenvalue weighted by Gasteiger charge is 2.61. The second kappa shape index (κ2) is 15.0. The molecule has 2 aliphatic heterocycles. The standard InChI is InChI=1S/C40H42ClN3O5S/c1-26-11-10-12-27(19-26)20-28-13-6-3-2-4-7-14-29-23-40(29,38(47)43-49-31-15-8-5-9-16-31)24-35(45)34-22-32(25-44(34)37(28)46)48-39-42-33-18-17-30(41)21-36(33)50-39/h5,7-12,14-19,21,28-29,32,34H,2-4,6,13,20,22-25H2,1H3,(H,43,47)/b14-7-/t28-,29-,32-,34+,40-/m1/s1. The van der Waals surface area contributed by atoms with Crippen LogP contribution in [0.1, 0.15) is 62.5 Å². The number of rotatable bonds is 7. The van der Waals surface area contributed by atoms with Gasteiger partial charge >= 0.3 is 0 Å². The first-order valence-corrected chi connectivity index (χ1v) is 18.8. The Kier molecular flexibility index (Phi) is 10.2. The molecule has 8 nitrogen and oxygen atoms in total. The van der Waals surface area contributed by atoms with E-state index in [1.807, 2.05) is 36.4 Å². The third kappa shape index (κ3) is 7.74. The van der Waals surface area contributed by atoms with Crippen molar-refractivity contribution in [2.75, 3.05) is 6.54 Å². The average Bonchev–Trinajstić information content (AvgIpc) is 3.40. The lowest BCUT2D eigenvalue weighted by Gasteiger charge is -2.29. The summed E-state index contributed by atoms with van der Waals surface area (Å²) in [6.07, 6.45) is 9.86. The molecule has 0 radical (unpaired) electrons. The van der Waals surface area contributed by atoms with Crippen molar-refractivity contribution in [3.05, 3.63) is 101 Å². The number of nitrogens with one attached hydrogen (secondary N) is 1. The highest BCUT2D eigenvalue weighted by Crippen LogP contribution is 2.57. The first-order valence-electron chi connectivity index (χ1n) is 17.6. The molecule has 1 aromatic heterocycles. The number of hydrogen-bond acceptors (Lipinski definition) is 7. The molecule has 0 unspecified atom stereocenters. The summed E-state index contributed by atoms with van der Waals surface area (Å²) in [6.45, 7) is 2.33. The molecule has 260 valence electrons. The van der Waals surface area contributed by atoms with Crippen LogP contribution in [0.25, 0.3) is 10.2 Å². The van der Waals surface area contributed by atoms with Gasteiger partial charge in [0.25, 0.3) is 11.1 Å². The van der Waals surface area contributed by atoms with Gasteiger partial charge in [-0.15, -0.1) is 0 Å². The van der Waals surface area contributed by atoms with Gasteiger partial charge in [0, 0.05) is 23.8 Å². The number of carbonyl (C=O) groups is 3. The predicted molar refractivity (Wildman–Crippen MR) is 195 cm³/mol. The Balaban J connectivity index is 1.16. The largest absolute Gasteiger partial charge is 0.465 e. The number of ketones is 1. The van der Waals surface area contributed by atoms with E-state index in [1.54, 1.807) is 23.1 Å². The topological polar surface area (TPSA) is 97.8 Å². The molecule has 4 aromatic rings. The van der Waals surface area contributed by atoms with Crippen LogP contribution in [0.5, 0.6) is 10.9 Å². The maximum absolute atomic E-state index is 14.6. The first-order chi connectivity index (χ1) is 24.3. The Morgan fingerprint density at radius 2 is 1.92 bits per heavy atom. The maximum Gasteiger partial charge on any atom is 0.274 e. The van der Waals surface area contributed by atoms with Crippen molar-refractivity contribution in [1.29, 1.82) is 0 Å². The van der Waals surface area contributed by atoms with Crippen LogP contribution in [-0.4, -0.2) is 46.2 Å². The molecule has 10 heteroatoms. The molecule has 1 N–H and O–H groups in total. The van der Waals surface area contributed by atoms with Crippen molar-refractivity contribution in [3.8, 4) is 10.9 Å². The number of hydroxylamine groups is 1. The number of benzene rings is 3. The number of aromatic nitrogens is 1. The number of nitrogens with zero attached hydrogens (tertiary/aromatic N) is 2. The van der Waals surface area contributed by atoms with Crippen LogP contribution in [0.15, 0.2) is 84.9 Å². The van der Waals surface area contributed by atoms with E-state index >= 15 is 0 Å². The maximum atomic E-state index is 14.6. The number of hydrogen-bond donors (Lipinski definition) is 1. The Hall–Kier alpha value is -4.21. The third-order valence-corrected chi connectivity index (χ3v) is 11.4. The van der Waals surface area contributed by atoms with E-state index in [-0.39, 0.29) is 42.4 Å². The van der Waals surface area contributed by atoms with Gasteiger partial charge in [-0.05, 0) is 80.8 Å². The fraction of sp³-hybridized carbons (Fsp3) is 0.400. The summed E-state index contributed by atoms with van der Waals surface area (Å²) in [5.41, 5.74) is 4.74. The molecular weight excluding hydrogens is 670 g/mol. The lowest BCUT2D eigenvalue weighted by Crippen LogP contribution is -2.46. The molecule has 1 saturated carbocycles. The minimum Gasteiger partial charge on any atom is -0.465 e. The predicted octanol–water partition coefficient (Wildman–Crippen LogP) is 8.06. The Morgan fingerprint density at radius 1 is 1.06 bits per heavy atom. The molecule has 1 saturated heterocycles. The van der Waals surface area contributed by atoms with Gasteiger partial charge in [0.1, 0.15) is 6.10 Å². The highest BCUT2D eigenvalue weighted by molar-refractivity contribution is 7.20. The van der Waals surface area contributed by atoms with Crippen molar-refractivity contribution in [3.63, 3.8) is 0 Å². The van der Waals surface area contributed by atoms with Crippen LogP contribution in [0, 0.1) is 24.2 Å². The molecule has 2 amide bonds. The van der Waals surface area contributed by atoms with E-state index in [1.165, 1.54) is 11.3 Å². The number of Topliss-reactive ketones (excluding diaryl/α,β-unsaturated/α-hetero) is 1. The number of allylic oxidation sites excluding steroid dienone is 2. The van der Waals surface area contributed by atoms with Gasteiger partial charge in [-0.2, -0.15) is 5.48 Å². The number of aryl methyl sites for hydroxylation is 1. The van der Waals surface area contributed by atoms with Gasteiger partial charge in [0.2, 0.25) is 5.91 Å². The lowest BCUT2D eigenvalue weighted by atomic mass is 9.89. The molecule has 2 fully saturated rings. The van der Waals surface area contributed by atoms with Crippen LogP contribution < -0.4 is 15.1 Å². The van der Waals surface area contributed by atoms with Crippen LogP contribution >= 0.6 is 22.9 Å². The molecule has 3 aliphatic rings. The third-order valence-electron chi connectivity index (χ3n) is 10.3. The highest BCUT2D eigenvalue weighted by atomic mass is 35.5. The van der Waals surface area contributed by atoms with E-state index in [0.29, 0.717) is 35.2 Å². The minimum atomic E-state index is -0.941. The Bertz CT molecular complexity index is 1900. The fourth-order valence-electron chi connectivity index (χ4n) is 7.52. The number of fused-ring (bicyclic) bond motifs is 3. The number of thiazole rings is 1. The number of ether oxygens (including phenoxy) is 1. The molecule has 0 bridgehead atoms. The Labute approximate surface area is 301 Å². The zero-order chi connectivity index (χ0) is 34.7. The monoisotopic (exact) mass is 711 g/mol. The van der Waals surface area contributed by atoms with Crippen molar-refractivity contribution in [2.45, 2.75) is 76.9 Å². The number of amides is 2. The zero-order valence-electron chi connectivity index (χ0n) is 28.2. The molecule has 5 atom stereocenters. The van der Waals surface area contributed by atoms with Gasteiger partial charge < -0.3 is 14.5 Å². The number of para-hydroxylation sites is 1. The molecule has 0 spiro atoms. The smallest absolute Gasteiger partial charge is 0.274 e. The van der Waals surface area contributed by atoms with Crippen molar-refractivity contribution < 1.29 is 24.0 Å². The summed E-state index contributed by atoms with van der Waals surface area (Å²) >= 11 is 7.62. The summed E-state index contributed by atoms with van der Waals surface area (Å²) in [5, 5.41) is 1.10. The summed E-state index contributed by atoms with van der Waals surface area (Å²) in [4.78, 5) is 54.9. The van der Waals surface area contributed by atoms with Crippen molar-refractivity contribution >= 4 is 50.8 Å². The average molecular weight is 712 g/mol. The summed E-state index contributed by atoms with van der Waals surface area (Å²) < 4.78 is 7.32. The van der Waals surface area contributed by atoms with Gasteiger partial charge in [0.15, 0.2) is 11.5 Å². The van der Waals surface area contributed by atoms with Crippen molar-refractivity contribution in [1.82, 2.24) is 15.4 Å². The van der Waals surface area contributed by atoms with Crippen molar-refractivity contribution in [2.24, 2.45) is 17.3 Å². The van der Waals surface area contributed by atoms with E-state index in [9.17, 15) is 14.4 Å². The molecule has 7 rings (SSSR count). The number of halogens is 1. The normalized spacial score (nSPS) is 26.3. The van der Waals surface area contributed by atoms with E-state index in [0.717, 1.165) is 53.4 Å². The van der Waals surface area contributed by atoms with E-state index in [2.05, 4.69) is 47.7 Å². The van der Waals surface area contributed by atoms with Gasteiger partial charge in [-0.3, -0.25) is 14.4 Å². The van der Waals surface area contributed by atoms with E-state index < -0.39 is 17.6 Å². The van der Waals surface area contributed by atoms with Gasteiger partial charge in [-0.25, -0.2) is 4.98 Å². The molecule has 50 heavy (non-hydrogen) atoms. The zero-order valence-corrected chi connectivity index (χ0v) is 29.8. The second-order valence-electron chi connectivity index (χ2n) is 14.0. The Morgan fingerprint density at radius 3 is 2.76 bits per heavy atom. The summed E-state index contributed by atoms with van der Waals surface area (Å²) in [5.74, 6) is -0.326. The molecule has 3 aromatic carbocycles. The van der Waals surface area contributed by atoms with Crippen LogP contribution in [0.2, 0.25) is 5.02 Å². The lowest BCUT2D eigenvalue weighted by molar-refractivity contribution is -0.143. The van der Waals surface area contributed by atoms with Crippen LogP contribution in [-0.2, 0) is 20.8 Å². The van der Waals surface area contributed by atoms with Gasteiger partial charge in [0.05, 0.1) is 28.2 Å². The molecule has 1 aliphatic carbocycles. The second-order valence-corrected chi connectivity index (χ2v) is 15.4.